The van der Waals surface area contributed by atoms with Crippen LogP contribution < -0.4 is 10.3 Å². The number of nitro groups is 1. The third-order valence-corrected chi connectivity index (χ3v) is 2.86. The minimum atomic E-state index is -5.36. The van der Waals surface area contributed by atoms with E-state index in [1.165, 1.54) is 4.98 Å². The average Bonchev–Trinajstić information content (AvgIpc) is 2.16. The first-order chi connectivity index (χ1) is 8.42. The van der Waals surface area contributed by atoms with Crippen molar-refractivity contribution in [3.8, 4) is 5.75 Å². The molecule has 0 fully saturated rings. The molecule has 1 heterocycles. The predicted octanol–water partition coefficient (Wildman–Crippen LogP) is 1.11. The summed E-state index contributed by atoms with van der Waals surface area (Å²) in [5.74, 6) is -1.69. The maximum atomic E-state index is 12.0. The fraction of sp³-hybridized carbons (Fsp3) is 0.167. The van der Waals surface area contributed by atoms with E-state index in [-0.39, 0.29) is 6.07 Å². The Labute approximate surface area is 106 Å². The van der Waals surface area contributed by atoms with Crippen LogP contribution in [-0.2, 0) is 9.05 Å². The second-order valence-corrected chi connectivity index (χ2v) is 5.45. The van der Waals surface area contributed by atoms with Crippen molar-refractivity contribution in [3.05, 3.63) is 26.5 Å². The number of hydrogen-bond donors (Lipinski definition) is 1. The molecule has 1 aromatic heterocycles. The third kappa shape index (κ3) is 3.82. The Kier molecular flexibility index (Phi) is 3.77. The van der Waals surface area contributed by atoms with Crippen LogP contribution >= 0.6 is 10.7 Å². The highest BCUT2D eigenvalue weighted by molar-refractivity contribution is 8.13. The SMILES string of the molecule is O=c1[nH]c(S(=O)(=O)Cl)cc([N+](=O)[O-])c1OC(F)(F)F. The van der Waals surface area contributed by atoms with Crippen LogP contribution in [0.5, 0.6) is 5.75 Å². The van der Waals surface area contributed by atoms with E-state index in [2.05, 4.69) is 4.74 Å². The van der Waals surface area contributed by atoms with Crippen LogP contribution in [0.3, 0.4) is 0 Å². The molecule has 0 bridgehead atoms. The fourth-order valence-corrected chi connectivity index (χ4v) is 1.71. The molecule has 0 saturated carbocycles. The van der Waals surface area contributed by atoms with Gasteiger partial charge >= 0.3 is 12.0 Å². The van der Waals surface area contributed by atoms with Gasteiger partial charge < -0.3 is 9.72 Å². The molecule has 1 N–H and O–H groups in total. The Morgan fingerprint density at radius 2 is 1.95 bits per heavy atom. The summed E-state index contributed by atoms with van der Waals surface area (Å²) in [5.41, 5.74) is -3.24. The maximum absolute atomic E-state index is 12.0. The van der Waals surface area contributed by atoms with Crippen LogP contribution in [0.4, 0.5) is 18.9 Å². The zero-order valence-corrected chi connectivity index (χ0v) is 9.97. The van der Waals surface area contributed by atoms with Crippen LogP contribution in [0, 0.1) is 10.1 Å². The normalized spacial score (nSPS) is 12.2. The van der Waals surface area contributed by atoms with E-state index in [1.54, 1.807) is 0 Å². The molecule has 106 valence electrons. The highest BCUT2D eigenvalue weighted by atomic mass is 35.7. The lowest BCUT2D eigenvalue weighted by atomic mass is 10.4. The third-order valence-electron chi connectivity index (χ3n) is 1.62. The van der Waals surface area contributed by atoms with Gasteiger partial charge in [0.25, 0.3) is 20.4 Å². The molecule has 0 unspecified atom stereocenters. The minimum Gasteiger partial charge on any atom is -0.392 e. The van der Waals surface area contributed by atoms with Crippen molar-refractivity contribution in [3.63, 3.8) is 0 Å². The molecule has 19 heavy (non-hydrogen) atoms. The van der Waals surface area contributed by atoms with E-state index in [9.17, 15) is 36.5 Å². The van der Waals surface area contributed by atoms with Gasteiger partial charge in [-0.3, -0.25) is 14.9 Å². The Balaban J connectivity index is 3.58. The van der Waals surface area contributed by atoms with Crippen LogP contribution in [-0.4, -0.2) is 24.7 Å². The zero-order chi connectivity index (χ0) is 15.0. The lowest BCUT2D eigenvalue weighted by molar-refractivity contribution is -0.389. The van der Waals surface area contributed by atoms with Crippen LogP contribution in [0.2, 0.25) is 0 Å². The van der Waals surface area contributed by atoms with Gasteiger partial charge in [0, 0.05) is 10.7 Å². The topological polar surface area (TPSA) is 119 Å². The predicted molar refractivity (Wildman–Crippen MR) is 53.4 cm³/mol. The van der Waals surface area contributed by atoms with E-state index in [1.807, 2.05) is 0 Å². The number of aromatic amines is 1. The molecule has 0 aliphatic rings. The van der Waals surface area contributed by atoms with Crippen LogP contribution in [0.15, 0.2) is 15.9 Å². The summed E-state index contributed by atoms with van der Waals surface area (Å²) in [6.45, 7) is 0. The molecular weight excluding hydrogens is 321 g/mol. The van der Waals surface area contributed by atoms with Crippen molar-refractivity contribution in [1.29, 1.82) is 0 Å². The molecule has 8 nitrogen and oxygen atoms in total. The quantitative estimate of drug-likeness (QED) is 0.505. The number of ether oxygens (including phenoxy) is 1. The summed E-state index contributed by atoms with van der Waals surface area (Å²) >= 11 is 0. The first kappa shape index (κ1) is 15.2. The van der Waals surface area contributed by atoms with Crippen molar-refractivity contribution in [2.75, 3.05) is 0 Å². The number of hydrogen-bond acceptors (Lipinski definition) is 6. The molecule has 1 rings (SSSR count). The van der Waals surface area contributed by atoms with Gasteiger partial charge in [-0.1, -0.05) is 0 Å². The number of H-pyrrole nitrogens is 1. The molecule has 0 aliphatic heterocycles. The average molecular weight is 323 g/mol. The highest BCUT2D eigenvalue weighted by Crippen LogP contribution is 2.30. The highest BCUT2D eigenvalue weighted by Gasteiger charge is 2.37. The monoisotopic (exact) mass is 322 g/mol. The first-order valence-corrected chi connectivity index (χ1v) is 6.35. The van der Waals surface area contributed by atoms with Gasteiger partial charge in [0.2, 0.25) is 0 Å². The number of nitrogens with zero attached hydrogens (tertiary/aromatic N) is 1. The standard InChI is InChI=1S/C6H2ClF3N2O6S/c7-19(16,17)3-1-2(12(14)15)4(5(13)11-3)18-6(8,9)10/h1H,(H,11,13). The van der Waals surface area contributed by atoms with Crippen molar-refractivity contribution in [1.82, 2.24) is 4.98 Å². The summed E-state index contributed by atoms with van der Waals surface area (Å²) in [4.78, 5) is 21.7. The molecule has 0 aromatic carbocycles. The summed E-state index contributed by atoms with van der Waals surface area (Å²) in [6.07, 6.45) is -5.36. The van der Waals surface area contributed by atoms with E-state index in [0.717, 1.165) is 0 Å². The maximum Gasteiger partial charge on any atom is 0.573 e. The van der Waals surface area contributed by atoms with E-state index >= 15 is 0 Å². The lowest BCUT2D eigenvalue weighted by Gasteiger charge is -2.08. The van der Waals surface area contributed by atoms with Gasteiger partial charge in [-0.05, 0) is 0 Å². The fourth-order valence-electron chi connectivity index (χ4n) is 0.992. The first-order valence-electron chi connectivity index (χ1n) is 4.04. The zero-order valence-electron chi connectivity index (χ0n) is 8.39. The van der Waals surface area contributed by atoms with Crippen molar-refractivity contribution in [2.45, 2.75) is 11.4 Å². The summed E-state index contributed by atoms with van der Waals surface area (Å²) < 4.78 is 60.8. The second kappa shape index (κ2) is 4.70. The Morgan fingerprint density at radius 3 is 2.32 bits per heavy atom. The summed E-state index contributed by atoms with van der Waals surface area (Å²) in [7, 11) is 0.243. The number of aromatic nitrogens is 1. The van der Waals surface area contributed by atoms with Crippen LogP contribution in [0.25, 0.3) is 0 Å². The molecule has 0 amide bonds. The lowest BCUT2D eigenvalue weighted by Crippen LogP contribution is -2.24. The summed E-state index contributed by atoms with van der Waals surface area (Å²) in [5, 5.41) is 9.38. The van der Waals surface area contributed by atoms with Gasteiger partial charge in [0.1, 0.15) is 0 Å². The van der Waals surface area contributed by atoms with Gasteiger partial charge in [0.15, 0.2) is 5.03 Å². The van der Waals surface area contributed by atoms with E-state index in [4.69, 9.17) is 10.7 Å². The molecular formula is C6H2ClF3N2O6S. The molecule has 0 saturated heterocycles. The Bertz CT molecular complexity index is 681. The molecule has 0 atom stereocenters. The van der Waals surface area contributed by atoms with Gasteiger partial charge in [0.05, 0.1) is 11.0 Å². The van der Waals surface area contributed by atoms with Gasteiger partial charge in [-0.2, -0.15) is 0 Å². The number of halogens is 4. The van der Waals surface area contributed by atoms with Crippen molar-refractivity contribution in [2.24, 2.45) is 0 Å². The second-order valence-electron chi connectivity index (χ2n) is 2.92. The molecule has 0 aliphatic carbocycles. The minimum absolute atomic E-state index is 0.144. The number of nitrogens with one attached hydrogen (secondary N) is 1. The molecule has 0 spiro atoms. The smallest absolute Gasteiger partial charge is 0.392 e. The van der Waals surface area contributed by atoms with Crippen LogP contribution in [0.1, 0.15) is 0 Å². The van der Waals surface area contributed by atoms with Crippen molar-refractivity contribution < 1.29 is 31.2 Å². The number of pyridine rings is 1. The molecule has 0 radical (unpaired) electrons. The van der Waals surface area contributed by atoms with Crippen molar-refractivity contribution >= 4 is 25.4 Å². The number of alkyl halides is 3. The van der Waals surface area contributed by atoms with E-state index < -0.39 is 42.4 Å². The Hall–Kier alpha value is -1.82. The number of rotatable bonds is 3. The van der Waals surface area contributed by atoms with Gasteiger partial charge in [-0.15, -0.1) is 13.2 Å². The van der Waals surface area contributed by atoms with Gasteiger partial charge in [-0.25, -0.2) is 8.42 Å². The summed E-state index contributed by atoms with van der Waals surface area (Å²) in [6, 6.07) is 0.144. The Morgan fingerprint density at radius 1 is 1.42 bits per heavy atom. The largest absolute Gasteiger partial charge is 0.573 e. The molecule has 13 heteroatoms. The van der Waals surface area contributed by atoms with E-state index in [0.29, 0.717) is 0 Å². The molecule has 1 aromatic rings.